The van der Waals surface area contributed by atoms with Crippen LogP contribution in [0.5, 0.6) is 0 Å². The molecule has 0 saturated heterocycles. The number of para-hydroxylation sites is 1. The number of fused-ring (bicyclic) bond motifs is 3. The van der Waals surface area contributed by atoms with E-state index in [1.54, 1.807) is 23.0 Å². The summed E-state index contributed by atoms with van der Waals surface area (Å²) in [5, 5.41) is 17.2. The smallest absolute Gasteiger partial charge is 0.407 e. The summed E-state index contributed by atoms with van der Waals surface area (Å²) in [4.78, 5) is 25.1. The van der Waals surface area contributed by atoms with Crippen molar-refractivity contribution in [2.45, 2.75) is 18.4 Å². The number of nitrogens with zero attached hydrogens (tertiary/aromatic N) is 2. The van der Waals surface area contributed by atoms with Crippen LogP contribution in [0.15, 0.2) is 109 Å². The second kappa shape index (κ2) is 11.1. The third kappa shape index (κ3) is 5.32. The summed E-state index contributed by atoms with van der Waals surface area (Å²) in [6.07, 6.45) is 0.848. The maximum atomic E-state index is 13.6. The molecule has 1 heterocycles. The number of carboxylic acids is 1. The van der Waals surface area contributed by atoms with E-state index in [-0.39, 0.29) is 18.9 Å². The summed E-state index contributed by atoms with van der Waals surface area (Å²) in [5.74, 6) is -1.75. The molecule has 2 N–H and O–H groups in total. The standard InChI is InChI=1S/C33H26FN3O4/c34-23-16-14-21(15-17-23)31-22(19-37(36-31)24-8-2-1-3-9-24)18-30(32(38)39)35-33(40)41-20-29-27-12-6-4-10-25(27)26-11-5-7-13-28(26)29/h1-17,19,29-30H,18,20H2,(H,35,40)(H,38,39). The molecule has 1 aromatic heterocycles. The number of carboxylic acid groups (broad SMARTS) is 1. The van der Waals surface area contributed by atoms with Crippen LogP contribution >= 0.6 is 0 Å². The van der Waals surface area contributed by atoms with Gasteiger partial charge < -0.3 is 15.2 Å². The van der Waals surface area contributed by atoms with Crippen molar-refractivity contribution in [3.8, 4) is 28.1 Å². The predicted molar refractivity (Wildman–Crippen MR) is 152 cm³/mol. The molecule has 204 valence electrons. The first kappa shape index (κ1) is 26.0. The van der Waals surface area contributed by atoms with Crippen molar-refractivity contribution in [2.75, 3.05) is 6.61 Å². The molecule has 1 aliphatic rings. The van der Waals surface area contributed by atoms with Gasteiger partial charge in [0.1, 0.15) is 18.5 Å². The van der Waals surface area contributed by atoms with Gasteiger partial charge in [-0.15, -0.1) is 0 Å². The number of carbonyl (C=O) groups is 2. The van der Waals surface area contributed by atoms with E-state index in [1.165, 1.54) is 12.1 Å². The van der Waals surface area contributed by atoms with E-state index in [0.717, 1.165) is 27.9 Å². The van der Waals surface area contributed by atoms with Crippen LogP contribution in [0.25, 0.3) is 28.1 Å². The van der Waals surface area contributed by atoms with Crippen LogP contribution in [0.4, 0.5) is 9.18 Å². The Morgan fingerprint density at radius 2 is 1.49 bits per heavy atom. The van der Waals surface area contributed by atoms with Gasteiger partial charge in [0, 0.05) is 29.7 Å². The van der Waals surface area contributed by atoms with Gasteiger partial charge in [0.15, 0.2) is 0 Å². The van der Waals surface area contributed by atoms with Crippen LogP contribution in [-0.4, -0.2) is 39.6 Å². The molecule has 0 spiro atoms. The highest BCUT2D eigenvalue weighted by atomic mass is 19.1. The Labute approximate surface area is 235 Å². The van der Waals surface area contributed by atoms with E-state index in [4.69, 9.17) is 4.74 Å². The first-order valence-corrected chi connectivity index (χ1v) is 13.2. The lowest BCUT2D eigenvalue weighted by atomic mass is 9.98. The van der Waals surface area contributed by atoms with Crippen molar-refractivity contribution in [2.24, 2.45) is 0 Å². The molecule has 0 saturated carbocycles. The molecule has 41 heavy (non-hydrogen) atoms. The number of halogens is 1. The normalized spacial score (nSPS) is 12.8. The third-order valence-electron chi connectivity index (χ3n) is 7.29. The Morgan fingerprint density at radius 3 is 2.12 bits per heavy atom. The molecule has 1 atom stereocenters. The van der Waals surface area contributed by atoms with Gasteiger partial charge in [0.05, 0.1) is 11.4 Å². The molecular weight excluding hydrogens is 521 g/mol. The highest BCUT2D eigenvalue weighted by Gasteiger charge is 2.30. The first-order valence-electron chi connectivity index (χ1n) is 13.2. The fourth-order valence-electron chi connectivity index (χ4n) is 5.33. The van der Waals surface area contributed by atoms with E-state index in [1.807, 2.05) is 78.9 Å². The Hall–Kier alpha value is -5.24. The summed E-state index contributed by atoms with van der Waals surface area (Å²) < 4.78 is 20.8. The number of carbonyl (C=O) groups excluding carboxylic acids is 1. The summed E-state index contributed by atoms with van der Waals surface area (Å²) >= 11 is 0. The molecule has 7 nitrogen and oxygen atoms in total. The zero-order chi connectivity index (χ0) is 28.3. The van der Waals surface area contributed by atoms with Gasteiger partial charge in [-0.25, -0.2) is 18.7 Å². The third-order valence-corrected chi connectivity index (χ3v) is 7.29. The van der Waals surface area contributed by atoms with Gasteiger partial charge in [-0.1, -0.05) is 66.7 Å². The van der Waals surface area contributed by atoms with Crippen molar-refractivity contribution in [3.05, 3.63) is 132 Å². The molecule has 1 amide bonds. The van der Waals surface area contributed by atoms with Gasteiger partial charge in [-0.2, -0.15) is 5.10 Å². The number of alkyl carbamates (subject to hydrolysis) is 1. The van der Waals surface area contributed by atoms with Gasteiger partial charge in [0.2, 0.25) is 0 Å². The largest absolute Gasteiger partial charge is 0.480 e. The minimum absolute atomic E-state index is 0.0565. The first-order chi connectivity index (χ1) is 20.0. The Morgan fingerprint density at radius 1 is 0.878 bits per heavy atom. The average Bonchev–Trinajstić information content (AvgIpc) is 3.56. The van der Waals surface area contributed by atoms with Crippen LogP contribution in [0.1, 0.15) is 22.6 Å². The molecule has 1 unspecified atom stereocenters. The van der Waals surface area contributed by atoms with Crippen LogP contribution < -0.4 is 5.32 Å². The van der Waals surface area contributed by atoms with Crippen molar-refractivity contribution >= 4 is 12.1 Å². The zero-order valence-corrected chi connectivity index (χ0v) is 21.9. The maximum absolute atomic E-state index is 13.6. The van der Waals surface area contributed by atoms with Gasteiger partial charge in [-0.05, 0) is 58.7 Å². The van der Waals surface area contributed by atoms with Gasteiger partial charge in [0.25, 0.3) is 0 Å². The topological polar surface area (TPSA) is 93.5 Å². The molecular formula is C33H26FN3O4. The van der Waals surface area contributed by atoms with Crippen molar-refractivity contribution < 1.29 is 23.8 Å². The number of aliphatic carboxylic acids is 1. The lowest BCUT2D eigenvalue weighted by Gasteiger charge is -2.17. The van der Waals surface area contributed by atoms with Gasteiger partial charge in [-0.3, -0.25) is 0 Å². The lowest BCUT2D eigenvalue weighted by Crippen LogP contribution is -2.43. The molecule has 8 heteroatoms. The maximum Gasteiger partial charge on any atom is 0.407 e. The molecule has 0 bridgehead atoms. The summed E-state index contributed by atoms with van der Waals surface area (Å²) in [6, 6.07) is 29.9. The fourth-order valence-corrected chi connectivity index (χ4v) is 5.33. The summed E-state index contributed by atoms with van der Waals surface area (Å²) in [6.45, 7) is 0.0684. The van der Waals surface area contributed by atoms with Crippen LogP contribution in [-0.2, 0) is 16.0 Å². The number of amides is 1. The van der Waals surface area contributed by atoms with Crippen LogP contribution in [0.2, 0.25) is 0 Å². The second-order valence-electron chi connectivity index (χ2n) is 9.85. The molecule has 0 radical (unpaired) electrons. The Bertz CT molecular complexity index is 1670. The lowest BCUT2D eigenvalue weighted by molar-refractivity contribution is -0.139. The highest BCUT2D eigenvalue weighted by Crippen LogP contribution is 2.44. The molecule has 5 aromatic rings. The fraction of sp³-hybridized carbons (Fsp3) is 0.121. The number of aromatic nitrogens is 2. The van der Waals surface area contributed by atoms with E-state index in [0.29, 0.717) is 16.8 Å². The molecule has 1 aliphatic carbocycles. The number of hydrogen-bond donors (Lipinski definition) is 2. The van der Waals surface area contributed by atoms with Crippen LogP contribution in [0, 0.1) is 5.82 Å². The Kier molecular flexibility index (Phi) is 7.04. The molecule has 6 rings (SSSR count). The van der Waals surface area contributed by atoms with Crippen LogP contribution in [0.3, 0.4) is 0 Å². The minimum Gasteiger partial charge on any atom is -0.480 e. The highest BCUT2D eigenvalue weighted by molar-refractivity contribution is 5.81. The van der Waals surface area contributed by atoms with E-state index in [2.05, 4.69) is 10.4 Å². The number of benzene rings is 4. The quantitative estimate of drug-likeness (QED) is 0.241. The molecule has 0 fully saturated rings. The molecule has 4 aromatic carbocycles. The monoisotopic (exact) mass is 547 g/mol. The Balaban J connectivity index is 1.21. The minimum atomic E-state index is -1.28. The summed E-state index contributed by atoms with van der Waals surface area (Å²) in [7, 11) is 0. The van der Waals surface area contributed by atoms with Crippen molar-refractivity contribution in [1.82, 2.24) is 15.1 Å². The number of hydrogen-bond acceptors (Lipinski definition) is 4. The predicted octanol–water partition coefficient (Wildman–Crippen LogP) is 6.21. The van der Waals surface area contributed by atoms with Gasteiger partial charge >= 0.3 is 12.1 Å². The number of ether oxygens (including phenoxy) is 1. The van der Waals surface area contributed by atoms with Crippen molar-refractivity contribution in [1.29, 1.82) is 0 Å². The second-order valence-corrected chi connectivity index (χ2v) is 9.85. The summed E-state index contributed by atoms with van der Waals surface area (Å²) in [5.41, 5.74) is 6.80. The molecule has 0 aliphatic heterocycles. The van der Waals surface area contributed by atoms with Crippen molar-refractivity contribution in [3.63, 3.8) is 0 Å². The zero-order valence-electron chi connectivity index (χ0n) is 21.9. The number of rotatable bonds is 8. The number of nitrogens with one attached hydrogen (secondary N) is 1. The average molecular weight is 548 g/mol. The van der Waals surface area contributed by atoms with E-state index < -0.39 is 23.9 Å². The SMILES string of the molecule is O=C(NC(Cc1cn(-c2ccccc2)nc1-c1ccc(F)cc1)C(=O)O)OCC1c2ccccc2-c2ccccc21. The van der Waals surface area contributed by atoms with E-state index in [9.17, 15) is 19.1 Å². The van der Waals surface area contributed by atoms with E-state index >= 15 is 0 Å².